The van der Waals surface area contributed by atoms with E-state index in [-0.39, 0.29) is 12.4 Å². The van der Waals surface area contributed by atoms with E-state index >= 15 is 0 Å². The fourth-order valence-corrected chi connectivity index (χ4v) is 4.23. The highest BCUT2D eigenvalue weighted by molar-refractivity contribution is 5.85. The van der Waals surface area contributed by atoms with E-state index in [0.717, 1.165) is 23.6 Å². The Morgan fingerprint density at radius 3 is 2.63 bits per heavy atom. The number of nitrogens with one attached hydrogen (secondary N) is 1. The van der Waals surface area contributed by atoms with Crippen molar-refractivity contribution in [3.05, 3.63) is 59.7 Å². The Balaban J connectivity index is 0.00000210. The Morgan fingerprint density at radius 2 is 1.89 bits per heavy atom. The zero-order chi connectivity index (χ0) is 17.8. The minimum Gasteiger partial charge on any atom is -0.493 e. The molecule has 2 aliphatic rings. The van der Waals surface area contributed by atoms with E-state index in [0.29, 0.717) is 12.0 Å². The van der Waals surface area contributed by atoms with Gasteiger partial charge in [0.25, 0.3) is 0 Å². The summed E-state index contributed by atoms with van der Waals surface area (Å²) in [5.74, 6) is 1.62. The monoisotopic (exact) mass is 388 g/mol. The zero-order valence-electron chi connectivity index (χ0n) is 15.9. The smallest absolute Gasteiger partial charge is 0.161 e. The van der Waals surface area contributed by atoms with Gasteiger partial charge in [0.2, 0.25) is 0 Å². The summed E-state index contributed by atoms with van der Waals surface area (Å²) >= 11 is 0. The quantitative estimate of drug-likeness (QED) is 0.814. The third-order valence-corrected chi connectivity index (χ3v) is 5.72. The van der Waals surface area contributed by atoms with Crippen LogP contribution in [0.15, 0.2) is 48.5 Å². The highest BCUT2D eigenvalue weighted by Gasteiger charge is 2.40. The Labute approximate surface area is 168 Å². The molecule has 2 aromatic carbocycles. The van der Waals surface area contributed by atoms with Crippen molar-refractivity contribution < 1.29 is 9.47 Å². The first-order chi connectivity index (χ1) is 12.8. The summed E-state index contributed by atoms with van der Waals surface area (Å²) in [4.78, 5) is 2.58. The fraction of sp³-hybridized carbons (Fsp3) is 0.455. The Morgan fingerprint density at radius 1 is 1.04 bits per heavy atom. The van der Waals surface area contributed by atoms with Crippen LogP contribution in [0.4, 0.5) is 0 Å². The van der Waals surface area contributed by atoms with Gasteiger partial charge in [0.05, 0.1) is 7.11 Å². The third-order valence-electron chi connectivity index (χ3n) is 5.72. The molecular weight excluding hydrogens is 360 g/mol. The van der Waals surface area contributed by atoms with Crippen molar-refractivity contribution in [2.45, 2.75) is 26.0 Å². The predicted molar refractivity (Wildman–Crippen MR) is 111 cm³/mol. The molecule has 2 aromatic rings. The van der Waals surface area contributed by atoms with Crippen LogP contribution in [0.25, 0.3) is 0 Å². The summed E-state index contributed by atoms with van der Waals surface area (Å²) in [7, 11) is 1.71. The lowest BCUT2D eigenvalue weighted by Gasteiger charge is -2.23. The number of hydrogen-bond donors (Lipinski definition) is 1. The molecule has 0 radical (unpaired) electrons. The highest BCUT2D eigenvalue weighted by Crippen LogP contribution is 2.37. The van der Waals surface area contributed by atoms with Crippen LogP contribution in [0.5, 0.6) is 11.5 Å². The van der Waals surface area contributed by atoms with Crippen molar-refractivity contribution in [2.24, 2.45) is 5.41 Å². The van der Waals surface area contributed by atoms with Crippen LogP contribution in [0.3, 0.4) is 0 Å². The van der Waals surface area contributed by atoms with Gasteiger partial charge in [0, 0.05) is 19.6 Å². The maximum atomic E-state index is 5.97. The molecule has 4 rings (SSSR count). The van der Waals surface area contributed by atoms with Gasteiger partial charge in [0.1, 0.15) is 6.61 Å². The summed E-state index contributed by atoms with van der Waals surface area (Å²) < 4.78 is 11.5. The van der Waals surface area contributed by atoms with Crippen LogP contribution in [0, 0.1) is 5.41 Å². The van der Waals surface area contributed by atoms with Crippen molar-refractivity contribution in [2.75, 3.05) is 33.3 Å². The topological polar surface area (TPSA) is 33.7 Å². The summed E-state index contributed by atoms with van der Waals surface area (Å²) in [5.41, 5.74) is 2.96. The molecule has 2 heterocycles. The molecule has 0 aromatic heterocycles. The number of methoxy groups -OCH3 is 1. The second kappa shape index (κ2) is 8.96. The first-order valence-corrected chi connectivity index (χ1v) is 9.53. The average Bonchev–Trinajstić information content (AvgIpc) is 3.31. The van der Waals surface area contributed by atoms with Gasteiger partial charge in [-0.2, -0.15) is 0 Å². The van der Waals surface area contributed by atoms with Gasteiger partial charge in [-0.05, 0) is 54.6 Å². The lowest BCUT2D eigenvalue weighted by Crippen LogP contribution is -2.28. The van der Waals surface area contributed by atoms with Crippen LogP contribution in [0.2, 0.25) is 0 Å². The van der Waals surface area contributed by atoms with Crippen LogP contribution in [-0.2, 0) is 13.2 Å². The molecule has 0 amide bonds. The van der Waals surface area contributed by atoms with E-state index in [1.807, 2.05) is 24.3 Å². The standard InChI is InChI=1S/C22H28N2O2.ClH/c1-25-21-13-19(14-24-12-10-22(17-24)9-11-23-16-22)7-8-20(21)26-15-18-5-3-2-4-6-18;/h2-8,13,23H,9-12,14-17H2,1H3;1H. The molecule has 1 unspecified atom stereocenters. The van der Waals surface area contributed by atoms with Crippen molar-refractivity contribution >= 4 is 12.4 Å². The zero-order valence-corrected chi connectivity index (χ0v) is 16.8. The Bertz CT molecular complexity index is 732. The van der Waals surface area contributed by atoms with Crippen LogP contribution in [-0.4, -0.2) is 38.2 Å². The highest BCUT2D eigenvalue weighted by atomic mass is 35.5. The molecule has 5 heteroatoms. The average molecular weight is 389 g/mol. The Kier molecular flexibility index (Phi) is 6.64. The van der Waals surface area contributed by atoms with Gasteiger partial charge in [0.15, 0.2) is 11.5 Å². The maximum absolute atomic E-state index is 5.97. The van der Waals surface area contributed by atoms with E-state index in [2.05, 4.69) is 34.5 Å². The normalized spacial score (nSPS) is 22.0. The van der Waals surface area contributed by atoms with Crippen LogP contribution < -0.4 is 14.8 Å². The lowest BCUT2D eigenvalue weighted by atomic mass is 9.86. The molecule has 4 nitrogen and oxygen atoms in total. The van der Waals surface area contributed by atoms with Crippen LogP contribution in [0.1, 0.15) is 24.0 Å². The van der Waals surface area contributed by atoms with E-state index in [1.54, 1.807) is 7.11 Å². The first-order valence-electron chi connectivity index (χ1n) is 9.53. The number of halogens is 1. The van der Waals surface area contributed by atoms with Crippen molar-refractivity contribution in [1.29, 1.82) is 0 Å². The molecule has 2 saturated heterocycles. The van der Waals surface area contributed by atoms with E-state index < -0.39 is 0 Å². The summed E-state index contributed by atoms with van der Waals surface area (Å²) in [6.07, 6.45) is 2.63. The molecule has 2 aliphatic heterocycles. The molecule has 0 saturated carbocycles. The van der Waals surface area contributed by atoms with Gasteiger partial charge in [-0.1, -0.05) is 36.4 Å². The van der Waals surface area contributed by atoms with Crippen molar-refractivity contribution in [1.82, 2.24) is 10.2 Å². The van der Waals surface area contributed by atoms with Gasteiger partial charge in [-0.3, -0.25) is 4.90 Å². The minimum absolute atomic E-state index is 0. The summed E-state index contributed by atoms with van der Waals surface area (Å²) in [6, 6.07) is 16.6. The number of benzene rings is 2. The predicted octanol–water partition coefficient (Wildman–Crippen LogP) is 3.88. The van der Waals surface area contributed by atoms with E-state index in [9.17, 15) is 0 Å². The van der Waals surface area contributed by atoms with E-state index in [1.165, 1.54) is 44.6 Å². The summed E-state index contributed by atoms with van der Waals surface area (Å²) in [5, 5.41) is 3.53. The van der Waals surface area contributed by atoms with E-state index in [4.69, 9.17) is 9.47 Å². The second-order valence-corrected chi connectivity index (χ2v) is 7.65. The number of rotatable bonds is 6. The SMILES string of the molecule is COc1cc(CN2CCC3(CCNC3)C2)ccc1OCc1ccccc1.Cl. The van der Waals surface area contributed by atoms with Gasteiger partial charge in [-0.25, -0.2) is 0 Å². The number of hydrogen-bond acceptors (Lipinski definition) is 4. The first kappa shape index (κ1) is 20.0. The van der Waals surface area contributed by atoms with Crippen molar-refractivity contribution in [3.8, 4) is 11.5 Å². The number of ether oxygens (including phenoxy) is 2. The lowest BCUT2D eigenvalue weighted by molar-refractivity contribution is 0.266. The number of likely N-dealkylation sites (tertiary alicyclic amines) is 1. The molecule has 146 valence electrons. The van der Waals surface area contributed by atoms with Gasteiger partial charge < -0.3 is 14.8 Å². The van der Waals surface area contributed by atoms with Crippen molar-refractivity contribution in [3.63, 3.8) is 0 Å². The molecule has 2 fully saturated rings. The number of nitrogens with zero attached hydrogens (tertiary/aromatic N) is 1. The van der Waals surface area contributed by atoms with Gasteiger partial charge in [-0.15, -0.1) is 12.4 Å². The molecule has 27 heavy (non-hydrogen) atoms. The maximum Gasteiger partial charge on any atom is 0.161 e. The molecular formula is C22H29ClN2O2. The molecule has 1 N–H and O–H groups in total. The molecule has 0 bridgehead atoms. The van der Waals surface area contributed by atoms with Gasteiger partial charge >= 0.3 is 0 Å². The fourth-order valence-electron chi connectivity index (χ4n) is 4.23. The largest absolute Gasteiger partial charge is 0.493 e. The second-order valence-electron chi connectivity index (χ2n) is 7.65. The van der Waals surface area contributed by atoms with Crippen LogP contribution >= 0.6 is 12.4 Å². The Hall–Kier alpha value is -1.75. The minimum atomic E-state index is 0. The third kappa shape index (κ3) is 4.75. The molecule has 1 atom stereocenters. The molecule has 0 aliphatic carbocycles. The summed E-state index contributed by atoms with van der Waals surface area (Å²) in [6.45, 7) is 6.29. The molecule has 1 spiro atoms.